The Bertz CT molecular complexity index is 1050. The summed E-state index contributed by atoms with van der Waals surface area (Å²) in [7, 11) is 3.12. The molecule has 3 rings (SSSR count). The molecule has 2 aromatic rings. The number of aryl methyl sites for hydroxylation is 1. The molecule has 2 aromatic carbocycles. The first kappa shape index (κ1) is 23.5. The molecule has 1 aliphatic heterocycles. The van der Waals surface area contributed by atoms with E-state index in [9.17, 15) is 14.7 Å². The number of aliphatic hydroxyl groups is 1. The fraction of sp³-hybridized carbons (Fsp3) is 0.385. The predicted octanol–water partition coefficient (Wildman–Crippen LogP) is 4.37. The number of hydrogen-bond donors (Lipinski definition) is 1. The molecule has 0 saturated carbocycles. The Hall–Kier alpha value is -3.12. The fourth-order valence-electron chi connectivity index (χ4n) is 3.99. The van der Waals surface area contributed by atoms with Crippen molar-refractivity contribution in [2.45, 2.75) is 39.2 Å². The number of carbonyl (C=O) groups excluding carboxylic acids is 2. The second-order valence-electron chi connectivity index (χ2n) is 9.04. The maximum atomic E-state index is 13.0. The molecule has 1 amide bonds. The number of carbonyl (C=O) groups is 2. The van der Waals surface area contributed by atoms with Crippen LogP contribution in [0.3, 0.4) is 0 Å². The number of Topliss-reactive ketones (excluding diaryl/α,β-unsaturated/α-hetero) is 1. The minimum Gasteiger partial charge on any atom is -0.507 e. The highest BCUT2D eigenvalue weighted by atomic mass is 16.5. The van der Waals surface area contributed by atoms with Crippen molar-refractivity contribution in [2.24, 2.45) is 0 Å². The van der Waals surface area contributed by atoms with Crippen LogP contribution in [-0.4, -0.2) is 49.1 Å². The second kappa shape index (κ2) is 9.17. The molecule has 1 saturated heterocycles. The number of hydrogen-bond acceptors (Lipinski definition) is 5. The van der Waals surface area contributed by atoms with Crippen molar-refractivity contribution in [1.82, 2.24) is 4.90 Å². The maximum Gasteiger partial charge on any atom is 0.295 e. The van der Waals surface area contributed by atoms with E-state index in [0.717, 1.165) is 16.7 Å². The zero-order valence-corrected chi connectivity index (χ0v) is 19.6. The predicted molar refractivity (Wildman–Crippen MR) is 124 cm³/mol. The lowest BCUT2D eigenvalue weighted by atomic mass is 9.85. The molecular formula is C26H31NO5. The molecule has 6 heteroatoms. The van der Waals surface area contributed by atoms with Crippen LogP contribution in [0.1, 0.15) is 49.1 Å². The first-order valence-corrected chi connectivity index (χ1v) is 10.6. The zero-order valence-electron chi connectivity index (χ0n) is 19.6. The minimum absolute atomic E-state index is 0.0307. The molecule has 1 aliphatic rings. The van der Waals surface area contributed by atoms with Crippen LogP contribution in [0.4, 0.5) is 0 Å². The van der Waals surface area contributed by atoms with E-state index in [1.54, 1.807) is 32.4 Å². The number of likely N-dealkylation sites (tertiary alicyclic amines) is 1. The number of rotatable bonds is 6. The Kier molecular flexibility index (Phi) is 6.74. The molecular weight excluding hydrogens is 406 g/mol. The lowest BCUT2D eigenvalue weighted by Crippen LogP contribution is -2.32. The lowest BCUT2D eigenvalue weighted by molar-refractivity contribution is -0.140. The molecule has 1 N–H and O–H groups in total. The molecule has 1 unspecified atom stereocenters. The van der Waals surface area contributed by atoms with Gasteiger partial charge < -0.3 is 19.5 Å². The van der Waals surface area contributed by atoms with Gasteiger partial charge in [-0.2, -0.15) is 0 Å². The zero-order chi connectivity index (χ0) is 23.6. The van der Waals surface area contributed by atoms with Crippen LogP contribution in [0, 0.1) is 6.92 Å². The quantitative estimate of drug-likeness (QED) is 0.413. The summed E-state index contributed by atoms with van der Waals surface area (Å²) < 4.78 is 10.5. The highest BCUT2D eigenvalue weighted by Crippen LogP contribution is 2.40. The van der Waals surface area contributed by atoms with Gasteiger partial charge in [0.15, 0.2) is 0 Å². The van der Waals surface area contributed by atoms with E-state index in [2.05, 4.69) is 20.8 Å². The Morgan fingerprint density at radius 3 is 2.25 bits per heavy atom. The third-order valence-electron chi connectivity index (χ3n) is 5.84. The SMILES string of the molecule is COCCN1C(=O)C(=O)/C(=C(\O)c2ccc(OC)c(C)c2)C1c1ccc(C(C)(C)C)cc1. The summed E-state index contributed by atoms with van der Waals surface area (Å²) in [6.07, 6.45) is 0. The Labute approximate surface area is 189 Å². The molecule has 0 spiro atoms. The molecule has 1 fully saturated rings. The van der Waals surface area contributed by atoms with Crippen molar-refractivity contribution in [3.63, 3.8) is 0 Å². The number of ether oxygens (including phenoxy) is 2. The lowest BCUT2D eigenvalue weighted by Gasteiger charge is -2.26. The van der Waals surface area contributed by atoms with Crippen LogP contribution in [0.15, 0.2) is 48.0 Å². The van der Waals surface area contributed by atoms with Crippen molar-refractivity contribution in [3.05, 3.63) is 70.3 Å². The van der Waals surface area contributed by atoms with E-state index in [0.29, 0.717) is 11.3 Å². The van der Waals surface area contributed by atoms with E-state index >= 15 is 0 Å². The van der Waals surface area contributed by atoms with Gasteiger partial charge in [0.25, 0.3) is 11.7 Å². The van der Waals surface area contributed by atoms with E-state index < -0.39 is 17.7 Å². The van der Waals surface area contributed by atoms with Gasteiger partial charge >= 0.3 is 0 Å². The highest BCUT2D eigenvalue weighted by Gasteiger charge is 2.45. The van der Waals surface area contributed by atoms with E-state index in [-0.39, 0.29) is 29.9 Å². The number of aliphatic hydroxyl groups excluding tert-OH is 1. The molecule has 0 aliphatic carbocycles. The highest BCUT2D eigenvalue weighted by molar-refractivity contribution is 6.46. The van der Waals surface area contributed by atoms with Crippen LogP contribution in [0.2, 0.25) is 0 Å². The number of nitrogens with zero attached hydrogens (tertiary/aromatic N) is 1. The maximum absolute atomic E-state index is 13.0. The topological polar surface area (TPSA) is 76.1 Å². The van der Waals surface area contributed by atoms with Crippen LogP contribution in [-0.2, 0) is 19.7 Å². The number of ketones is 1. The van der Waals surface area contributed by atoms with E-state index in [1.165, 1.54) is 4.90 Å². The van der Waals surface area contributed by atoms with Gasteiger partial charge in [-0.3, -0.25) is 9.59 Å². The average Bonchev–Trinajstić information content (AvgIpc) is 3.01. The van der Waals surface area contributed by atoms with Gasteiger partial charge in [-0.05, 0) is 47.2 Å². The summed E-state index contributed by atoms with van der Waals surface area (Å²) >= 11 is 0. The average molecular weight is 438 g/mol. The van der Waals surface area contributed by atoms with Gasteiger partial charge in [-0.25, -0.2) is 0 Å². The standard InChI is InChI=1S/C26H31NO5/c1-16-15-18(9-12-20(16)32-6)23(28)21-22(27(13-14-31-5)25(30)24(21)29)17-7-10-19(11-8-17)26(2,3)4/h7-12,15,22,28H,13-14H2,1-6H3/b23-21-. The van der Waals surface area contributed by atoms with Gasteiger partial charge in [0, 0.05) is 19.2 Å². The fourth-order valence-corrected chi connectivity index (χ4v) is 3.99. The third-order valence-corrected chi connectivity index (χ3v) is 5.84. The van der Waals surface area contributed by atoms with Crippen LogP contribution in [0.25, 0.3) is 5.76 Å². The molecule has 6 nitrogen and oxygen atoms in total. The van der Waals surface area contributed by atoms with Gasteiger partial charge in [0.1, 0.15) is 11.5 Å². The van der Waals surface area contributed by atoms with Crippen LogP contribution in [0.5, 0.6) is 5.75 Å². The first-order chi connectivity index (χ1) is 15.1. The smallest absolute Gasteiger partial charge is 0.295 e. The van der Waals surface area contributed by atoms with Crippen molar-refractivity contribution in [3.8, 4) is 5.75 Å². The summed E-state index contributed by atoms with van der Waals surface area (Å²) in [4.78, 5) is 27.4. The van der Waals surface area contributed by atoms with Crippen LogP contribution >= 0.6 is 0 Å². The molecule has 0 bridgehead atoms. The Morgan fingerprint density at radius 2 is 1.72 bits per heavy atom. The van der Waals surface area contributed by atoms with Gasteiger partial charge in [0.05, 0.1) is 25.3 Å². The minimum atomic E-state index is -0.697. The first-order valence-electron chi connectivity index (χ1n) is 10.6. The number of methoxy groups -OCH3 is 2. The van der Waals surface area contributed by atoms with Crippen molar-refractivity contribution in [1.29, 1.82) is 0 Å². The molecule has 1 heterocycles. The Morgan fingerprint density at radius 1 is 1.06 bits per heavy atom. The molecule has 170 valence electrons. The summed E-state index contributed by atoms with van der Waals surface area (Å²) in [5.74, 6) is -0.856. The molecule has 0 radical (unpaired) electrons. The molecule has 0 aromatic heterocycles. The van der Waals surface area contributed by atoms with Crippen molar-refractivity contribution >= 4 is 17.4 Å². The van der Waals surface area contributed by atoms with E-state index in [4.69, 9.17) is 9.47 Å². The molecule has 32 heavy (non-hydrogen) atoms. The summed E-state index contributed by atoms with van der Waals surface area (Å²) in [5.41, 5.74) is 3.23. The summed E-state index contributed by atoms with van der Waals surface area (Å²) in [6.45, 7) is 8.75. The summed E-state index contributed by atoms with van der Waals surface area (Å²) in [5, 5.41) is 11.2. The van der Waals surface area contributed by atoms with E-state index in [1.807, 2.05) is 31.2 Å². The normalized spacial score (nSPS) is 18.3. The monoisotopic (exact) mass is 437 g/mol. The second-order valence-corrected chi connectivity index (χ2v) is 9.04. The largest absolute Gasteiger partial charge is 0.507 e. The van der Waals surface area contributed by atoms with Gasteiger partial charge in [0.2, 0.25) is 0 Å². The van der Waals surface area contributed by atoms with Crippen LogP contribution < -0.4 is 4.74 Å². The van der Waals surface area contributed by atoms with Crippen molar-refractivity contribution in [2.75, 3.05) is 27.4 Å². The summed E-state index contributed by atoms with van der Waals surface area (Å²) in [6, 6.07) is 12.3. The van der Waals surface area contributed by atoms with Gasteiger partial charge in [-0.15, -0.1) is 0 Å². The van der Waals surface area contributed by atoms with Gasteiger partial charge in [-0.1, -0.05) is 45.0 Å². The molecule has 1 atom stereocenters. The number of amides is 1. The van der Waals surface area contributed by atoms with Crippen molar-refractivity contribution < 1.29 is 24.2 Å². The number of benzene rings is 2. The Balaban J connectivity index is 2.15. The third kappa shape index (κ3) is 4.41.